The second-order valence-corrected chi connectivity index (χ2v) is 7.16. The first-order valence-electron chi connectivity index (χ1n) is 8.55. The van der Waals surface area contributed by atoms with E-state index < -0.39 is 5.54 Å². The molecule has 2 aromatic heterocycles. The topological polar surface area (TPSA) is 81.6 Å². The largest absolute Gasteiger partial charge is 0.486 e. The van der Waals surface area contributed by atoms with Gasteiger partial charge in [0, 0.05) is 24.5 Å². The molecule has 3 aromatic rings. The summed E-state index contributed by atoms with van der Waals surface area (Å²) in [6.45, 7) is 6.42. The quantitative estimate of drug-likeness (QED) is 0.715. The molecule has 0 aliphatic heterocycles. The van der Waals surface area contributed by atoms with Crippen LogP contribution in [0.1, 0.15) is 35.5 Å². The molecule has 2 heterocycles. The van der Waals surface area contributed by atoms with Crippen LogP contribution in [0.25, 0.3) is 5.65 Å². The fourth-order valence-corrected chi connectivity index (χ4v) is 2.56. The lowest BCUT2D eigenvalue weighted by Crippen LogP contribution is -2.45. The lowest BCUT2D eigenvalue weighted by molar-refractivity contribution is 0.0941. The number of hydrogen-bond acceptors (Lipinski definition) is 4. The van der Waals surface area contributed by atoms with Crippen molar-refractivity contribution in [3.8, 4) is 5.75 Å². The molecule has 3 rings (SSSR count). The number of carbonyl (C=O) groups is 1. The van der Waals surface area contributed by atoms with Crippen LogP contribution < -0.4 is 15.8 Å². The first kappa shape index (κ1) is 17.9. The van der Waals surface area contributed by atoms with E-state index in [0.29, 0.717) is 17.9 Å². The predicted molar refractivity (Wildman–Crippen MR) is 101 cm³/mol. The van der Waals surface area contributed by atoms with Crippen LogP contribution in [0.3, 0.4) is 0 Å². The number of nitrogens with two attached hydrogens (primary N) is 1. The zero-order chi connectivity index (χ0) is 18.7. The molecule has 0 saturated heterocycles. The Labute approximate surface area is 153 Å². The standard InChI is InChI=1S/C20H24N4O2/c1-14-8-9-18-23-15(11-24(18)10-14)12-26-17-7-5-4-6-16(17)19(25)22-13-20(2,3)21/h4-11H,12-13,21H2,1-3H3,(H,22,25). The van der Waals surface area contributed by atoms with Crippen molar-refractivity contribution in [2.24, 2.45) is 5.73 Å². The van der Waals surface area contributed by atoms with Crippen molar-refractivity contribution in [1.29, 1.82) is 0 Å². The number of nitrogens with one attached hydrogen (secondary N) is 1. The summed E-state index contributed by atoms with van der Waals surface area (Å²) < 4.78 is 7.84. The average molecular weight is 352 g/mol. The lowest BCUT2D eigenvalue weighted by atomic mass is 10.1. The maximum Gasteiger partial charge on any atom is 0.255 e. The van der Waals surface area contributed by atoms with Crippen LogP contribution in [-0.4, -0.2) is 27.4 Å². The van der Waals surface area contributed by atoms with Gasteiger partial charge in [-0.2, -0.15) is 0 Å². The van der Waals surface area contributed by atoms with Gasteiger partial charge in [0.2, 0.25) is 0 Å². The van der Waals surface area contributed by atoms with Gasteiger partial charge in [-0.25, -0.2) is 4.98 Å². The van der Waals surface area contributed by atoms with Gasteiger partial charge in [0.25, 0.3) is 5.91 Å². The number of imidazole rings is 1. The number of amides is 1. The van der Waals surface area contributed by atoms with E-state index in [2.05, 4.69) is 10.3 Å². The molecule has 0 fully saturated rings. The van der Waals surface area contributed by atoms with Crippen molar-refractivity contribution >= 4 is 11.6 Å². The summed E-state index contributed by atoms with van der Waals surface area (Å²) in [7, 11) is 0. The van der Waals surface area contributed by atoms with Gasteiger partial charge in [-0.1, -0.05) is 18.2 Å². The number of benzene rings is 1. The van der Waals surface area contributed by atoms with Gasteiger partial charge < -0.3 is 20.2 Å². The molecule has 0 spiro atoms. The van der Waals surface area contributed by atoms with Gasteiger partial charge in [0.15, 0.2) is 0 Å². The van der Waals surface area contributed by atoms with Crippen LogP contribution in [0.5, 0.6) is 5.75 Å². The highest BCUT2D eigenvalue weighted by Gasteiger charge is 2.16. The minimum atomic E-state index is -0.472. The number of aromatic nitrogens is 2. The van der Waals surface area contributed by atoms with Crippen molar-refractivity contribution in [3.63, 3.8) is 0 Å². The van der Waals surface area contributed by atoms with Crippen molar-refractivity contribution in [1.82, 2.24) is 14.7 Å². The van der Waals surface area contributed by atoms with Crippen LogP contribution in [-0.2, 0) is 6.61 Å². The van der Waals surface area contributed by atoms with Crippen LogP contribution in [0.15, 0.2) is 48.8 Å². The Morgan fingerprint density at radius 1 is 1.23 bits per heavy atom. The van der Waals surface area contributed by atoms with Crippen molar-refractivity contribution in [3.05, 3.63) is 65.6 Å². The molecule has 26 heavy (non-hydrogen) atoms. The van der Waals surface area contributed by atoms with E-state index >= 15 is 0 Å². The van der Waals surface area contributed by atoms with E-state index in [-0.39, 0.29) is 12.5 Å². The molecule has 1 amide bonds. The number of pyridine rings is 1. The molecule has 0 radical (unpaired) electrons. The third kappa shape index (κ3) is 4.40. The number of ether oxygens (including phenoxy) is 1. The van der Waals surface area contributed by atoms with Gasteiger partial charge in [-0.05, 0) is 44.5 Å². The summed E-state index contributed by atoms with van der Waals surface area (Å²) in [5, 5.41) is 2.84. The summed E-state index contributed by atoms with van der Waals surface area (Å²) in [6, 6.07) is 11.2. The first-order chi connectivity index (χ1) is 12.3. The number of rotatable bonds is 6. The van der Waals surface area contributed by atoms with E-state index in [4.69, 9.17) is 10.5 Å². The molecule has 1 aromatic carbocycles. The lowest BCUT2D eigenvalue weighted by Gasteiger charge is -2.19. The molecule has 3 N–H and O–H groups in total. The zero-order valence-corrected chi connectivity index (χ0v) is 15.3. The van der Waals surface area contributed by atoms with Crippen LogP contribution in [0.2, 0.25) is 0 Å². The first-order valence-corrected chi connectivity index (χ1v) is 8.55. The fourth-order valence-electron chi connectivity index (χ4n) is 2.56. The summed E-state index contributed by atoms with van der Waals surface area (Å²) in [5.74, 6) is 0.317. The number of para-hydroxylation sites is 1. The van der Waals surface area contributed by atoms with Gasteiger partial charge in [0.05, 0.1) is 11.3 Å². The molecule has 0 unspecified atom stereocenters. The number of carbonyl (C=O) groups excluding carboxylic acids is 1. The minimum Gasteiger partial charge on any atom is -0.486 e. The van der Waals surface area contributed by atoms with Crippen molar-refractivity contribution in [2.45, 2.75) is 32.9 Å². The highest BCUT2D eigenvalue weighted by molar-refractivity contribution is 5.96. The Morgan fingerprint density at radius 3 is 2.77 bits per heavy atom. The molecule has 0 bridgehead atoms. The van der Waals surface area contributed by atoms with Gasteiger partial charge >= 0.3 is 0 Å². The molecule has 0 atom stereocenters. The fraction of sp³-hybridized carbons (Fsp3) is 0.300. The maximum atomic E-state index is 12.4. The highest BCUT2D eigenvalue weighted by atomic mass is 16.5. The smallest absolute Gasteiger partial charge is 0.255 e. The van der Waals surface area contributed by atoms with E-state index in [1.54, 1.807) is 12.1 Å². The highest BCUT2D eigenvalue weighted by Crippen LogP contribution is 2.19. The molecule has 6 heteroatoms. The SMILES string of the molecule is Cc1ccc2nc(COc3ccccc3C(=O)NCC(C)(C)N)cn2c1. The van der Waals surface area contributed by atoms with E-state index in [1.807, 2.05) is 61.8 Å². The third-order valence-corrected chi connectivity index (χ3v) is 3.86. The number of aryl methyl sites for hydroxylation is 1. The molecule has 0 aliphatic carbocycles. The molecule has 6 nitrogen and oxygen atoms in total. The monoisotopic (exact) mass is 352 g/mol. The second kappa shape index (κ2) is 7.17. The van der Waals surface area contributed by atoms with E-state index in [0.717, 1.165) is 16.9 Å². The Morgan fingerprint density at radius 2 is 2.00 bits per heavy atom. The molecule has 0 aliphatic rings. The Balaban J connectivity index is 1.72. The number of nitrogens with zero attached hydrogens (tertiary/aromatic N) is 2. The van der Waals surface area contributed by atoms with E-state index in [9.17, 15) is 4.79 Å². The Bertz CT molecular complexity index is 925. The van der Waals surface area contributed by atoms with Gasteiger partial charge in [-0.3, -0.25) is 4.79 Å². The normalized spacial score (nSPS) is 11.5. The summed E-state index contributed by atoms with van der Waals surface area (Å²) >= 11 is 0. The summed E-state index contributed by atoms with van der Waals surface area (Å²) in [5.41, 5.74) is 8.76. The van der Waals surface area contributed by atoms with Crippen LogP contribution >= 0.6 is 0 Å². The predicted octanol–water partition coefficient (Wildman–Crippen LogP) is 2.69. The summed E-state index contributed by atoms with van der Waals surface area (Å²) in [6.07, 6.45) is 3.95. The summed E-state index contributed by atoms with van der Waals surface area (Å²) in [4.78, 5) is 17.0. The zero-order valence-electron chi connectivity index (χ0n) is 15.3. The van der Waals surface area contributed by atoms with Crippen molar-refractivity contribution < 1.29 is 9.53 Å². The third-order valence-electron chi connectivity index (χ3n) is 3.86. The molecular formula is C20H24N4O2. The average Bonchev–Trinajstić information content (AvgIpc) is 2.99. The molecule has 136 valence electrons. The number of hydrogen-bond donors (Lipinski definition) is 2. The second-order valence-electron chi connectivity index (χ2n) is 7.16. The van der Waals surface area contributed by atoms with Crippen molar-refractivity contribution in [2.75, 3.05) is 6.54 Å². The maximum absolute atomic E-state index is 12.4. The van der Waals surface area contributed by atoms with Gasteiger partial charge in [-0.15, -0.1) is 0 Å². The Hall–Kier alpha value is -2.86. The molecule has 0 saturated carbocycles. The Kier molecular flexibility index (Phi) is 4.95. The molecular weight excluding hydrogens is 328 g/mol. The van der Waals surface area contributed by atoms with E-state index in [1.165, 1.54) is 0 Å². The minimum absolute atomic E-state index is 0.204. The van der Waals surface area contributed by atoms with Crippen LogP contribution in [0, 0.1) is 6.92 Å². The van der Waals surface area contributed by atoms with Gasteiger partial charge in [0.1, 0.15) is 18.0 Å². The number of fused-ring (bicyclic) bond motifs is 1. The van der Waals surface area contributed by atoms with Crippen LogP contribution in [0.4, 0.5) is 0 Å².